The Labute approximate surface area is 163 Å². The van der Waals surface area contributed by atoms with Crippen molar-refractivity contribution < 1.29 is 19.0 Å². The van der Waals surface area contributed by atoms with E-state index in [4.69, 9.17) is 31.1 Å². The van der Waals surface area contributed by atoms with Crippen LogP contribution in [-0.2, 0) is 9.53 Å². The van der Waals surface area contributed by atoms with Gasteiger partial charge in [0.25, 0.3) is 5.91 Å². The third kappa shape index (κ3) is 6.17. The second kappa shape index (κ2) is 10.4. The van der Waals surface area contributed by atoms with Gasteiger partial charge >= 0.3 is 0 Å². The minimum atomic E-state index is -0.756. The van der Waals surface area contributed by atoms with Gasteiger partial charge in [-0.15, -0.1) is 0 Å². The largest absolute Gasteiger partial charge is 0.487 e. The number of amides is 1. The Hall–Kier alpha value is -2.75. The van der Waals surface area contributed by atoms with Gasteiger partial charge in [-0.05, 0) is 50.2 Å². The highest BCUT2D eigenvalue weighted by atomic mass is 35.5. The van der Waals surface area contributed by atoms with Crippen molar-refractivity contribution in [2.45, 2.75) is 20.0 Å². The molecule has 0 fully saturated rings. The summed E-state index contributed by atoms with van der Waals surface area (Å²) in [6.07, 6.45) is -0.756. The molecule has 0 aliphatic carbocycles. The van der Waals surface area contributed by atoms with Crippen LogP contribution in [0.1, 0.15) is 19.4 Å². The van der Waals surface area contributed by atoms with E-state index in [9.17, 15) is 4.79 Å². The third-order valence-corrected chi connectivity index (χ3v) is 3.87. The van der Waals surface area contributed by atoms with E-state index in [0.717, 1.165) is 0 Å². The van der Waals surface area contributed by atoms with Crippen molar-refractivity contribution in [2.24, 2.45) is 0 Å². The minimum absolute atomic E-state index is 0.317. The van der Waals surface area contributed by atoms with Crippen LogP contribution in [0.4, 0.5) is 5.69 Å². The van der Waals surface area contributed by atoms with Crippen molar-refractivity contribution in [2.75, 3.05) is 25.1 Å². The second-order valence-corrected chi connectivity index (χ2v) is 5.95. The molecule has 2 rings (SSSR count). The lowest BCUT2D eigenvalue weighted by Crippen LogP contribution is -2.30. The maximum absolute atomic E-state index is 12.5. The van der Waals surface area contributed by atoms with Crippen molar-refractivity contribution in [1.29, 1.82) is 5.26 Å². The topological polar surface area (TPSA) is 80.6 Å². The molecule has 0 aliphatic rings. The summed E-state index contributed by atoms with van der Waals surface area (Å²) < 4.78 is 16.5. The number of nitrogens with one attached hydrogen (secondary N) is 1. The van der Waals surface area contributed by atoms with E-state index in [-0.39, 0.29) is 5.91 Å². The van der Waals surface area contributed by atoms with Crippen molar-refractivity contribution >= 4 is 23.2 Å². The highest BCUT2D eigenvalue weighted by Crippen LogP contribution is 2.33. The molecule has 142 valence electrons. The number of anilines is 1. The normalized spacial score (nSPS) is 11.3. The molecule has 0 spiro atoms. The Kier molecular flexibility index (Phi) is 7.93. The molecule has 0 saturated heterocycles. The molecular formula is C20H21ClN2O4. The van der Waals surface area contributed by atoms with Crippen molar-refractivity contribution in [3.05, 3.63) is 53.1 Å². The summed E-state index contributed by atoms with van der Waals surface area (Å²) in [6, 6.07) is 13.7. The number of ether oxygens (including phenoxy) is 3. The summed E-state index contributed by atoms with van der Waals surface area (Å²) in [5, 5.41) is 12.0. The van der Waals surface area contributed by atoms with Crippen LogP contribution in [-0.4, -0.2) is 31.8 Å². The van der Waals surface area contributed by atoms with E-state index in [0.29, 0.717) is 47.6 Å². The molecule has 1 unspecified atom stereocenters. The van der Waals surface area contributed by atoms with Crippen LogP contribution in [0.2, 0.25) is 5.02 Å². The monoisotopic (exact) mass is 388 g/mol. The van der Waals surface area contributed by atoms with Gasteiger partial charge in [-0.25, -0.2) is 0 Å². The summed E-state index contributed by atoms with van der Waals surface area (Å²) >= 11 is 6.19. The summed E-state index contributed by atoms with van der Waals surface area (Å²) in [5.41, 5.74) is 0.978. The van der Waals surface area contributed by atoms with Crippen LogP contribution < -0.4 is 14.8 Å². The molecule has 0 aliphatic heterocycles. The smallest absolute Gasteiger partial charge is 0.265 e. The lowest BCUT2D eigenvalue weighted by atomic mass is 10.2. The number of halogens is 1. The second-order valence-electron chi connectivity index (χ2n) is 5.55. The van der Waals surface area contributed by atoms with E-state index < -0.39 is 6.10 Å². The lowest BCUT2D eigenvalue weighted by molar-refractivity contribution is -0.122. The molecule has 0 aromatic heterocycles. The molecular weight excluding hydrogens is 368 g/mol. The molecule has 2 aromatic carbocycles. The van der Waals surface area contributed by atoms with E-state index in [2.05, 4.69) is 5.32 Å². The van der Waals surface area contributed by atoms with Crippen molar-refractivity contribution in [1.82, 2.24) is 0 Å². The Balaban J connectivity index is 2.01. The zero-order chi connectivity index (χ0) is 19.6. The first kappa shape index (κ1) is 20.6. The highest BCUT2D eigenvalue weighted by molar-refractivity contribution is 6.32. The third-order valence-electron chi connectivity index (χ3n) is 3.57. The molecule has 0 radical (unpaired) electrons. The average molecular weight is 389 g/mol. The number of hydrogen-bond donors (Lipinski definition) is 1. The van der Waals surface area contributed by atoms with E-state index >= 15 is 0 Å². The van der Waals surface area contributed by atoms with Gasteiger partial charge in [0.1, 0.15) is 12.4 Å². The van der Waals surface area contributed by atoms with Gasteiger partial charge in [0, 0.05) is 6.61 Å². The Morgan fingerprint density at radius 1 is 1.22 bits per heavy atom. The van der Waals surface area contributed by atoms with Gasteiger partial charge in [-0.3, -0.25) is 4.79 Å². The summed E-state index contributed by atoms with van der Waals surface area (Å²) in [5.74, 6) is 0.532. The summed E-state index contributed by atoms with van der Waals surface area (Å²) in [6.45, 7) is 4.87. The number of carbonyl (C=O) groups is 1. The van der Waals surface area contributed by atoms with Gasteiger partial charge in [0.05, 0.1) is 28.9 Å². The molecule has 0 saturated carbocycles. The summed E-state index contributed by atoms with van der Waals surface area (Å²) in [7, 11) is 0. The van der Waals surface area contributed by atoms with Crippen LogP contribution in [0.3, 0.4) is 0 Å². The molecule has 7 heteroatoms. The van der Waals surface area contributed by atoms with Crippen LogP contribution in [0.5, 0.6) is 11.5 Å². The summed E-state index contributed by atoms with van der Waals surface area (Å²) in [4.78, 5) is 12.5. The molecule has 1 N–H and O–H groups in total. The van der Waals surface area contributed by atoms with E-state index in [1.165, 1.54) is 0 Å². The maximum Gasteiger partial charge on any atom is 0.265 e. The predicted octanol–water partition coefficient (Wildman–Crippen LogP) is 4.03. The Morgan fingerprint density at radius 3 is 2.63 bits per heavy atom. The number of para-hydroxylation sites is 1. The molecule has 0 heterocycles. The Bertz CT molecular complexity index is 803. The molecule has 0 bridgehead atoms. The number of nitrogens with zero attached hydrogens (tertiary/aromatic N) is 1. The average Bonchev–Trinajstić information content (AvgIpc) is 2.67. The van der Waals surface area contributed by atoms with Gasteiger partial charge in [-0.1, -0.05) is 17.7 Å². The molecule has 2 aromatic rings. The first-order chi connectivity index (χ1) is 13.0. The number of benzene rings is 2. The van der Waals surface area contributed by atoms with Gasteiger partial charge in [-0.2, -0.15) is 5.26 Å². The maximum atomic E-state index is 12.5. The standard InChI is InChI=1S/C20H21ClN2O4/c1-3-25-11-12-26-19-17(21)5-4-6-18(19)23-20(24)14(2)27-16-9-7-15(13-22)8-10-16/h4-10,14H,3,11-12H2,1-2H3,(H,23,24). The molecule has 6 nitrogen and oxygen atoms in total. The number of nitriles is 1. The zero-order valence-electron chi connectivity index (χ0n) is 15.2. The van der Waals surface area contributed by atoms with E-state index in [1.807, 2.05) is 13.0 Å². The predicted molar refractivity (Wildman–Crippen MR) is 103 cm³/mol. The van der Waals surface area contributed by atoms with Gasteiger partial charge in [0.2, 0.25) is 0 Å². The van der Waals surface area contributed by atoms with Gasteiger partial charge < -0.3 is 19.5 Å². The first-order valence-electron chi connectivity index (χ1n) is 8.52. The van der Waals surface area contributed by atoms with Crippen molar-refractivity contribution in [3.8, 4) is 17.6 Å². The lowest BCUT2D eigenvalue weighted by Gasteiger charge is -2.17. The van der Waals surface area contributed by atoms with Crippen molar-refractivity contribution in [3.63, 3.8) is 0 Å². The van der Waals surface area contributed by atoms with Crippen LogP contribution in [0.15, 0.2) is 42.5 Å². The number of hydrogen-bond acceptors (Lipinski definition) is 5. The number of rotatable bonds is 9. The van der Waals surface area contributed by atoms with Crippen LogP contribution in [0, 0.1) is 11.3 Å². The van der Waals surface area contributed by atoms with Crippen LogP contribution >= 0.6 is 11.6 Å². The molecule has 1 atom stereocenters. The fraction of sp³-hybridized carbons (Fsp3) is 0.300. The Morgan fingerprint density at radius 2 is 1.96 bits per heavy atom. The highest BCUT2D eigenvalue weighted by Gasteiger charge is 2.18. The van der Waals surface area contributed by atoms with Crippen LogP contribution in [0.25, 0.3) is 0 Å². The number of carbonyl (C=O) groups excluding carboxylic acids is 1. The fourth-order valence-electron chi connectivity index (χ4n) is 2.20. The molecule has 1 amide bonds. The van der Waals surface area contributed by atoms with E-state index in [1.54, 1.807) is 49.4 Å². The first-order valence-corrected chi connectivity index (χ1v) is 8.89. The fourth-order valence-corrected chi connectivity index (χ4v) is 2.43. The molecule has 27 heavy (non-hydrogen) atoms. The minimum Gasteiger partial charge on any atom is -0.487 e. The SMILES string of the molecule is CCOCCOc1c(Cl)cccc1NC(=O)C(C)Oc1ccc(C#N)cc1. The van der Waals surface area contributed by atoms with Gasteiger partial charge in [0.15, 0.2) is 11.9 Å². The quantitative estimate of drug-likeness (QED) is 0.656. The zero-order valence-corrected chi connectivity index (χ0v) is 16.0.